The Balaban J connectivity index is 2.89. The van der Waals surface area contributed by atoms with Gasteiger partial charge in [0.25, 0.3) is 0 Å². The summed E-state index contributed by atoms with van der Waals surface area (Å²) in [7, 11) is 0. The van der Waals surface area contributed by atoms with E-state index in [0.717, 1.165) is 10.6 Å². The molecule has 0 fully saturated rings. The first-order valence-corrected chi connectivity index (χ1v) is 3.22. The van der Waals surface area contributed by atoms with E-state index in [1.807, 2.05) is 24.3 Å². The van der Waals surface area contributed by atoms with Gasteiger partial charge in [-0.05, 0) is 6.07 Å². The molecular formula is C8H5N3. The number of fused-ring (bicyclic) bond motifs is 1. The van der Waals surface area contributed by atoms with E-state index < -0.39 is 0 Å². The van der Waals surface area contributed by atoms with Crippen molar-refractivity contribution in [2.45, 2.75) is 0 Å². The summed E-state index contributed by atoms with van der Waals surface area (Å²) in [5.41, 5.74) is 7.31. The van der Waals surface area contributed by atoms with E-state index in [-0.39, 0.29) is 0 Å². The van der Waals surface area contributed by atoms with E-state index in [2.05, 4.69) is 16.7 Å². The van der Waals surface area contributed by atoms with Crippen LogP contribution >= 0.6 is 0 Å². The van der Waals surface area contributed by atoms with Crippen molar-refractivity contribution in [1.29, 1.82) is 5.53 Å². The summed E-state index contributed by atoms with van der Waals surface area (Å²) in [6.45, 7) is 2.66. The van der Waals surface area contributed by atoms with Gasteiger partial charge in [0.15, 0.2) is 6.54 Å². The third kappa shape index (κ3) is 0.852. The van der Waals surface area contributed by atoms with Crippen LogP contribution in [0.4, 0.5) is 0 Å². The van der Waals surface area contributed by atoms with Crippen molar-refractivity contribution in [2.24, 2.45) is 10.1 Å². The van der Waals surface area contributed by atoms with Gasteiger partial charge in [-0.3, -0.25) is 4.99 Å². The van der Waals surface area contributed by atoms with Crippen LogP contribution in [0.1, 0.15) is 0 Å². The molecule has 1 N–H and O–H groups in total. The third-order valence-corrected chi connectivity index (χ3v) is 1.55. The summed E-state index contributed by atoms with van der Waals surface area (Å²) in [5, 5.41) is 5.03. The van der Waals surface area contributed by atoms with E-state index in [1.165, 1.54) is 0 Å². The molecule has 2 radical (unpaired) electrons. The van der Waals surface area contributed by atoms with E-state index in [0.29, 0.717) is 5.70 Å². The van der Waals surface area contributed by atoms with Crippen molar-refractivity contribution in [2.75, 3.05) is 0 Å². The van der Waals surface area contributed by atoms with Gasteiger partial charge in [0.1, 0.15) is 5.70 Å². The van der Waals surface area contributed by atoms with Gasteiger partial charge >= 0.3 is 0 Å². The van der Waals surface area contributed by atoms with Crippen molar-refractivity contribution >= 4 is 5.70 Å². The number of hydrogen-bond donors (Lipinski definition) is 1. The molecule has 1 heterocycles. The van der Waals surface area contributed by atoms with Crippen LogP contribution in [0.5, 0.6) is 0 Å². The molecule has 2 rings (SSSR count). The molecule has 0 bridgehead atoms. The highest BCUT2D eigenvalue weighted by Crippen LogP contribution is 2.02. The number of nitrogens with zero attached hydrogens (tertiary/aromatic N) is 2. The standard InChI is InChI=1S/C8H5N3/c9-11-8-5-10-7-4-2-1-3-6(7)8/h1-4,9H. The minimum absolute atomic E-state index is 0.514. The molecule has 0 spiro atoms. The average Bonchev–Trinajstić information content (AvgIpc) is 2.47. The molecular weight excluding hydrogens is 138 g/mol. The van der Waals surface area contributed by atoms with Gasteiger partial charge in [0, 0.05) is 5.22 Å². The minimum atomic E-state index is 0.514. The van der Waals surface area contributed by atoms with Gasteiger partial charge in [0.2, 0.25) is 0 Å². The second kappa shape index (κ2) is 2.27. The van der Waals surface area contributed by atoms with Gasteiger partial charge in [-0.1, -0.05) is 18.2 Å². The minimum Gasteiger partial charge on any atom is -0.265 e. The number of hydrogen-bond acceptors (Lipinski definition) is 3. The van der Waals surface area contributed by atoms with Crippen molar-refractivity contribution in [3.63, 3.8) is 0 Å². The van der Waals surface area contributed by atoms with Crippen LogP contribution in [0, 0.1) is 12.1 Å². The lowest BCUT2D eigenvalue weighted by Gasteiger charge is -1.83. The first-order chi connectivity index (χ1) is 5.42. The molecule has 0 aliphatic carbocycles. The second-order valence-electron chi connectivity index (χ2n) is 2.20. The summed E-state index contributed by atoms with van der Waals surface area (Å²) in [5.74, 6) is 0. The highest BCUT2D eigenvalue weighted by atomic mass is 15.0. The van der Waals surface area contributed by atoms with Crippen molar-refractivity contribution in [1.82, 2.24) is 0 Å². The van der Waals surface area contributed by atoms with Crippen LogP contribution < -0.4 is 10.6 Å². The summed E-state index contributed by atoms with van der Waals surface area (Å²) in [6.07, 6.45) is 0. The number of benzene rings is 1. The number of rotatable bonds is 1. The Morgan fingerprint density at radius 3 is 3.00 bits per heavy atom. The number of para-hydroxylation sites is 1. The predicted molar refractivity (Wildman–Crippen MR) is 39.0 cm³/mol. The van der Waals surface area contributed by atoms with Crippen LogP contribution in [0.2, 0.25) is 0 Å². The van der Waals surface area contributed by atoms with Crippen molar-refractivity contribution in [3.05, 3.63) is 41.4 Å². The zero-order chi connectivity index (χ0) is 7.68. The van der Waals surface area contributed by atoms with Gasteiger partial charge < -0.3 is 0 Å². The summed E-state index contributed by atoms with van der Waals surface area (Å²) in [6, 6.07) is 7.55. The molecule has 3 heteroatoms. The highest BCUT2D eigenvalue weighted by molar-refractivity contribution is 5.52. The van der Waals surface area contributed by atoms with Gasteiger partial charge in [-0.25, -0.2) is 5.53 Å². The summed E-state index contributed by atoms with van der Waals surface area (Å²) in [4.78, 5) is 3.95. The Bertz CT molecular complexity index is 406. The van der Waals surface area contributed by atoms with Crippen LogP contribution in [0.25, 0.3) is 5.70 Å². The van der Waals surface area contributed by atoms with Crippen LogP contribution in [0.3, 0.4) is 0 Å². The van der Waals surface area contributed by atoms with E-state index in [1.54, 1.807) is 0 Å². The maximum absolute atomic E-state index is 6.80. The van der Waals surface area contributed by atoms with Crippen LogP contribution in [-0.2, 0) is 0 Å². The Morgan fingerprint density at radius 2 is 2.18 bits per heavy atom. The fourth-order valence-electron chi connectivity index (χ4n) is 1.03. The molecule has 1 aliphatic heterocycles. The maximum Gasteiger partial charge on any atom is 0.173 e. The average molecular weight is 143 g/mol. The lowest BCUT2D eigenvalue weighted by molar-refractivity contribution is 1.14. The molecule has 1 aromatic carbocycles. The lowest BCUT2D eigenvalue weighted by atomic mass is 10.3. The van der Waals surface area contributed by atoms with Crippen LogP contribution in [-0.4, -0.2) is 0 Å². The molecule has 11 heavy (non-hydrogen) atoms. The largest absolute Gasteiger partial charge is 0.265 e. The Kier molecular flexibility index (Phi) is 1.28. The molecule has 0 saturated carbocycles. The topological polar surface area (TPSA) is 48.6 Å². The summed E-state index contributed by atoms with van der Waals surface area (Å²) < 4.78 is 0. The quantitative estimate of drug-likeness (QED) is 0.556. The predicted octanol–water partition coefficient (Wildman–Crippen LogP) is 0.498. The second-order valence-corrected chi connectivity index (χ2v) is 2.20. The molecule has 0 unspecified atom stereocenters. The zero-order valence-electron chi connectivity index (χ0n) is 5.70. The van der Waals surface area contributed by atoms with E-state index >= 15 is 0 Å². The number of nitrogens with one attached hydrogen (secondary N) is 1. The normalized spacial score (nSPS) is 14.0. The maximum atomic E-state index is 6.80. The molecule has 0 atom stereocenters. The van der Waals surface area contributed by atoms with Gasteiger partial charge in [-0.2, -0.15) is 5.11 Å². The van der Waals surface area contributed by atoms with Crippen molar-refractivity contribution < 1.29 is 0 Å². The van der Waals surface area contributed by atoms with E-state index in [4.69, 9.17) is 5.53 Å². The van der Waals surface area contributed by atoms with Gasteiger partial charge in [-0.15, -0.1) is 0 Å². The molecule has 1 aromatic rings. The molecule has 0 saturated heterocycles. The Labute approximate surface area is 63.6 Å². The SMILES string of the molecule is N=NC1=c2ccccc2=N[C]1. The Hall–Kier alpha value is -1.51. The zero-order valence-corrected chi connectivity index (χ0v) is 5.70. The third-order valence-electron chi connectivity index (χ3n) is 1.55. The van der Waals surface area contributed by atoms with Crippen molar-refractivity contribution in [3.8, 4) is 0 Å². The van der Waals surface area contributed by atoms with E-state index in [9.17, 15) is 0 Å². The Morgan fingerprint density at radius 1 is 1.36 bits per heavy atom. The molecule has 52 valence electrons. The summed E-state index contributed by atoms with van der Waals surface area (Å²) >= 11 is 0. The first-order valence-electron chi connectivity index (χ1n) is 3.22. The van der Waals surface area contributed by atoms with Crippen LogP contribution in [0.15, 0.2) is 34.4 Å². The van der Waals surface area contributed by atoms with Gasteiger partial charge in [0.05, 0.1) is 5.36 Å². The molecule has 0 amide bonds. The fraction of sp³-hybridized carbons (Fsp3) is 0. The smallest absolute Gasteiger partial charge is 0.173 e. The molecule has 0 aromatic heterocycles. The monoisotopic (exact) mass is 143 g/mol. The lowest BCUT2D eigenvalue weighted by Crippen LogP contribution is -2.21. The first kappa shape index (κ1) is 6.22. The molecule has 3 nitrogen and oxygen atoms in total. The highest BCUT2D eigenvalue weighted by Gasteiger charge is 2.04. The fourth-order valence-corrected chi connectivity index (χ4v) is 1.03. The molecule has 1 aliphatic rings.